The minimum Gasteiger partial charge on any atom is -0.328 e. The molecule has 0 aliphatic heterocycles. The van der Waals surface area contributed by atoms with Gasteiger partial charge in [0.15, 0.2) is 9.84 Å². The number of hydrogen-bond donors (Lipinski definition) is 2. The van der Waals surface area contributed by atoms with Crippen LogP contribution in [0.15, 0.2) is 29.2 Å². The van der Waals surface area contributed by atoms with Gasteiger partial charge < -0.3 is 11.5 Å². The Morgan fingerprint density at radius 1 is 1.25 bits per heavy atom. The first-order chi connectivity index (χ1) is 7.33. The first-order valence-electron chi connectivity index (χ1n) is 5.16. The van der Waals surface area contributed by atoms with E-state index in [0.29, 0.717) is 11.4 Å². The summed E-state index contributed by atoms with van der Waals surface area (Å²) in [5.41, 5.74) is 11.7. The van der Waals surface area contributed by atoms with Gasteiger partial charge in [0.05, 0.1) is 16.2 Å². The third-order valence-corrected chi connectivity index (χ3v) is 4.43. The summed E-state index contributed by atoms with van der Waals surface area (Å²) in [6.07, 6.45) is 0. The van der Waals surface area contributed by atoms with Crippen molar-refractivity contribution in [3.63, 3.8) is 0 Å². The second-order valence-corrected chi connectivity index (χ2v) is 6.33. The maximum atomic E-state index is 11.6. The Morgan fingerprint density at radius 2 is 1.75 bits per heavy atom. The van der Waals surface area contributed by atoms with Crippen LogP contribution in [0.1, 0.15) is 19.4 Å². The van der Waals surface area contributed by atoms with E-state index >= 15 is 0 Å². The van der Waals surface area contributed by atoms with E-state index in [1.165, 1.54) is 0 Å². The summed E-state index contributed by atoms with van der Waals surface area (Å²) >= 11 is 0. The van der Waals surface area contributed by atoms with E-state index in [-0.39, 0.29) is 5.75 Å². The normalized spacial score (nSPS) is 15.8. The van der Waals surface area contributed by atoms with Gasteiger partial charge in [-0.05, 0) is 24.6 Å². The van der Waals surface area contributed by atoms with Crippen molar-refractivity contribution >= 4 is 9.84 Å². The number of sulfone groups is 1. The van der Waals surface area contributed by atoms with Gasteiger partial charge in [0.2, 0.25) is 0 Å². The SMILES string of the molecule is CCS(=O)(=O)c1ccc(C(C)(N)CN)cc1. The van der Waals surface area contributed by atoms with Crippen LogP contribution < -0.4 is 11.5 Å². The molecule has 16 heavy (non-hydrogen) atoms. The van der Waals surface area contributed by atoms with Gasteiger partial charge in [-0.15, -0.1) is 0 Å². The summed E-state index contributed by atoms with van der Waals surface area (Å²) in [6.45, 7) is 3.75. The zero-order chi connectivity index (χ0) is 12.4. The molecule has 1 aromatic carbocycles. The zero-order valence-electron chi connectivity index (χ0n) is 9.60. The van der Waals surface area contributed by atoms with E-state index in [4.69, 9.17) is 11.5 Å². The van der Waals surface area contributed by atoms with Crippen molar-refractivity contribution in [1.29, 1.82) is 0 Å². The predicted octanol–water partition coefficient (Wildman–Crippen LogP) is 0.613. The molecule has 0 spiro atoms. The largest absolute Gasteiger partial charge is 0.328 e. The molecule has 1 aromatic rings. The number of hydrogen-bond acceptors (Lipinski definition) is 4. The molecule has 5 heteroatoms. The van der Waals surface area contributed by atoms with Crippen LogP contribution in [0.25, 0.3) is 0 Å². The van der Waals surface area contributed by atoms with Gasteiger partial charge in [-0.1, -0.05) is 19.1 Å². The fraction of sp³-hybridized carbons (Fsp3) is 0.455. The van der Waals surface area contributed by atoms with E-state index < -0.39 is 15.4 Å². The second kappa shape index (κ2) is 4.53. The van der Waals surface area contributed by atoms with E-state index in [0.717, 1.165) is 5.56 Å². The third kappa shape index (κ3) is 2.61. The van der Waals surface area contributed by atoms with Crippen LogP contribution in [0, 0.1) is 0 Å². The van der Waals surface area contributed by atoms with Crippen LogP contribution in [0.4, 0.5) is 0 Å². The van der Waals surface area contributed by atoms with Crippen molar-refractivity contribution in [2.24, 2.45) is 11.5 Å². The van der Waals surface area contributed by atoms with Crippen LogP contribution >= 0.6 is 0 Å². The highest BCUT2D eigenvalue weighted by molar-refractivity contribution is 7.91. The number of benzene rings is 1. The average molecular weight is 242 g/mol. The molecule has 4 N–H and O–H groups in total. The molecule has 0 aliphatic rings. The summed E-state index contributed by atoms with van der Waals surface area (Å²) in [5.74, 6) is 0.100. The van der Waals surface area contributed by atoms with Gasteiger partial charge in [0, 0.05) is 6.54 Å². The molecule has 0 saturated heterocycles. The minimum absolute atomic E-state index is 0.100. The number of rotatable bonds is 4. The van der Waals surface area contributed by atoms with Gasteiger partial charge in [0.25, 0.3) is 0 Å². The standard InChI is InChI=1S/C11H18N2O2S/c1-3-16(14,15)10-6-4-9(5-7-10)11(2,13)8-12/h4-7H,3,8,12-13H2,1-2H3. The van der Waals surface area contributed by atoms with Crippen LogP contribution in [-0.2, 0) is 15.4 Å². The van der Waals surface area contributed by atoms with Crippen LogP contribution in [0.3, 0.4) is 0 Å². The fourth-order valence-corrected chi connectivity index (χ4v) is 2.21. The van der Waals surface area contributed by atoms with Crippen molar-refractivity contribution in [3.05, 3.63) is 29.8 Å². The molecule has 0 saturated carbocycles. The molecular formula is C11H18N2O2S. The molecule has 0 aliphatic carbocycles. The third-order valence-electron chi connectivity index (χ3n) is 2.68. The quantitative estimate of drug-likeness (QED) is 0.810. The van der Waals surface area contributed by atoms with E-state index in [1.54, 1.807) is 31.2 Å². The van der Waals surface area contributed by atoms with Crippen LogP contribution in [-0.4, -0.2) is 20.7 Å². The Bertz CT molecular complexity index is 449. The van der Waals surface area contributed by atoms with Crippen molar-refractivity contribution in [1.82, 2.24) is 0 Å². The molecule has 4 nitrogen and oxygen atoms in total. The maximum Gasteiger partial charge on any atom is 0.178 e. The topological polar surface area (TPSA) is 86.2 Å². The highest BCUT2D eigenvalue weighted by Crippen LogP contribution is 2.19. The summed E-state index contributed by atoms with van der Waals surface area (Å²) in [6, 6.07) is 6.59. The molecule has 0 heterocycles. The molecule has 0 fully saturated rings. The predicted molar refractivity (Wildman–Crippen MR) is 64.8 cm³/mol. The average Bonchev–Trinajstić information content (AvgIpc) is 2.29. The lowest BCUT2D eigenvalue weighted by Crippen LogP contribution is -2.40. The van der Waals surface area contributed by atoms with E-state index in [9.17, 15) is 8.42 Å². The molecule has 0 amide bonds. The highest BCUT2D eigenvalue weighted by atomic mass is 32.2. The minimum atomic E-state index is -3.14. The molecule has 1 rings (SSSR count). The summed E-state index contributed by atoms with van der Waals surface area (Å²) in [5, 5.41) is 0. The van der Waals surface area contributed by atoms with Crippen molar-refractivity contribution in [2.75, 3.05) is 12.3 Å². The second-order valence-electron chi connectivity index (χ2n) is 4.05. The molecule has 1 unspecified atom stereocenters. The van der Waals surface area contributed by atoms with Gasteiger partial charge in [0.1, 0.15) is 0 Å². The summed E-state index contributed by atoms with van der Waals surface area (Å²) < 4.78 is 23.2. The summed E-state index contributed by atoms with van der Waals surface area (Å²) in [7, 11) is -3.14. The van der Waals surface area contributed by atoms with Gasteiger partial charge in [-0.2, -0.15) is 0 Å². The molecular weight excluding hydrogens is 224 g/mol. The van der Waals surface area contributed by atoms with Gasteiger partial charge >= 0.3 is 0 Å². The van der Waals surface area contributed by atoms with E-state index in [1.807, 2.05) is 6.92 Å². The molecule has 0 radical (unpaired) electrons. The van der Waals surface area contributed by atoms with Crippen molar-refractivity contribution < 1.29 is 8.42 Å². The monoisotopic (exact) mass is 242 g/mol. The molecule has 1 atom stereocenters. The Balaban J connectivity index is 3.10. The first kappa shape index (κ1) is 13.2. The molecule has 90 valence electrons. The number of nitrogens with two attached hydrogens (primary N) is 2. The van der Waals surface area contributed by atoms with Gasteiger partial charge in [-0.3, -0.25) is 0 Å². The Kier molecular flexibility index (Phi) is 3.72. The Labute approximate surface area is 96.6 Å². The van der Waals surface area contributed by atoms with E-state index in [2.05, 4.69) is 0 Å². The highest BCUT2D eigenvalue weighted by Gasteiger charge is 2.19. The maximum absolute atomic E-state index is 11.6. The molecule has 0 bridgehead atoms. The Morgan fingerprint density at radius 3 is 2.12 bits per heavy atom. The Hall–Kier alpha value is -0.910. The fourth-order valence-electron chi connectivity index (χ4n) is 1.33. The first-order valence-corrected chi connectivity index (χ1v) is 6.81. The lowest BCUT2D eigenvalue weighted by Gasteiger charge is -2.23. The smallest absolute Gasteiger partial charge is 0.178 e. The zero-order valence-corrected chi connectivity index (χ0v) is 10.4. The lowest BCUT2D eigenvalue weighted by atomic mass is 9.94. The van der Waals surface area contributed by atoms with Crippen LogP contribution in [0.5, 0.6) is 0 Å². The molecule has 0 aromatic heterocycles. The lowest BCUT2D eigenvalue weighted by molar-refractivity contribution is 0.507. The van der Waals surface area contributed by atoms with Crippen molar-refractivity contribution in [3.8, 4) is 0 Å². The summed E-state index contributed by atoms with van der Waals surface area (Å²) in [4.78, 5) is 0.326. The van der Waals surface area contributed by atoms with Crippen LogP contribution in [0.2, 0.25) is 0 Å². The van der Waals surface area contributed by atoms with Gasteiger partial charge in [-0.25, -0.2) is 8.42 Å². The van der Waals surface area contributed by atoms with Crippen molar-refractivity contribution in [2.45, 2.75) is 24.3 Å².